The summed E-state index contributed by atoms with van der Waals surface area (Å²) in [6, 6.07) is 11.0. The van der Waals surface area contributed by atoms with Gasteiger partial charge in [0.05, 0.1) is 12.7 Å². The van der Waals surface area contributed by atoms with E-state index in [2.05, 4.69) is 50.4 Å². The molecule has 1 aromatic carbocycles. The fourth-order valence-corrected chi connectivity index (χ4v) is 2.16. The fourth-order valence-electron chi connectivity index (χ4n) is 2.16. The highest BCUT2D eigenvalue weighted by atomic mass is 16.5. The number of ether oxygens (including phenoxy) is 1. The molecule has 108 valence electrons. The van der Waals surface area contributed by atoms with Crippen LogP contribution in [0.5, 0.6) is 0 Å². The van der Waals surface area contributed by atoms with Gasteiger partial charge in [-0.2, -0.15) is 0 Å². The van der Waals surface area contributed by atoms with Gasteiger partial charge < -0.3 is 10.1 Å². The summed E-state index contributed by atoms with van der Waals surface area (Å²) in [6.45, 7) is 8.33. The minimum atomic E-state index is 0.179. The summed E-state index contributed by atoms with van der Waals surface area (Å²) in [5.41, 5.74) is 1.25. The minimum Gasteiger partial charge on any atom is -0.373 e. The van der Waals surface area contributed by atoms with Crippen molar-refractivity contribution in [3.8, 4) is 0 Å². The van der Waals surface area contributed by atoms with Gasteiger partial charge in [0.15, 0.2) is 0 Å². The van der Waals surface area contributed by atoms with Crippen LogP contribution in [0, 0.1) is 0 Å². The molecule has 0 aliphatic carbocycles. The first-order chi connectivity index (χ1) is 9.24. The molecular formula is C17H29NO. The number of hydrogen-bond acceptors (Lipinski definition) is 2. The Bertz CT molecular complexity index is 312. The molecule has 0 heterocycles. The molecule has 19 heavy (non-hydrogen) atoms. The molecule has 0 bridgehead atoms. The third kappa shape index (κ3) is 7.34. The third-order valence-electron chi connectivity index (χ3n) is 3.47. The Balaban J connectivity index is 2.07. The molecule has 1 rings (SSSR count). The number of rotatable bonds is 10. The predicted molar refractivity (Wildman–Crippen MR) is 82.4 cm³/mol. The Morgan fingerprint density at radius 2 is 1.84 bits per heavy atom. The van der Waals surface area contributed by atoms with Gasteiger partial charge in [-0.15, -0.1) is 0 Å². The first-order valence-electron chi connectivity index (χ1n) is 7.64. The van der Waals surface area contributed by atoms with Gasteiger partial charge in [0.2, 0.25) is 0 Å². The van der Waals surface area contributed by atoms with Gasteiger partial charge in [-0.1, -0.05) is 56.5 Å². The lowest BCUT2D eigenvalue weighted by atomic mass is 10.1. The molecule has 2 nitrogen and oxygen atoms in total. The van der Waals surface area contributed by atoms with Gasteiger partial charge in [-0.05, 0) is 25.8 Å². The molecule has 2 heteroatoms. The van der Waals surface area contributed by atoms with E-state index in [4.69, 9.17) is 4.74 Å². The van der Waals surface area contributed by atoms with Crippen molar-refractivity contribution in [2.24, 2.45) is 0 Å². The maximum Gasteiger partial charge on any atom is 0.0797 e. The van der Waals surface area contributed by atoms with Crippen LogP contribution in [0.25, 0.3) is 0 Å². The highest BCUT2D eigenvalue weighted by molar-refractivity contribution is 5.16. The number of benzene rings is 1. The van der Waals surface area contributed by atoms with Gasteiger partial charge in [0.25, 0.3) is 0 Å². The molecule has 0 saturated heterocycles. The summed E-state index contributed by atoms with van der Waals surface area (Å²) in [5, 5.41) is 3.52. The van der Waals surface area contributed by atoms with Crippen LogP contribution in [0.15, 0.2) is 30.3 Å². The number of nitrogens with one attached hydrogen (secondary N) is 1. The zero-order chi connectivity index (χ0) is 13.9. The van der Waals surface area contributed by atoms with Crippen molar-refractivity contribution >= 4 is 0 Å². The van der Waals surface area contributed by atoms with Crippen LogP contribution in [0.1, 0.15) is 58.1 Å². The Morgan fingerprint density at radius 1 is 1.11 bits per heavy atom. The topological polar surface area (TPSA) is 21.3 Å². The van der Waals surface area contributed by atoms with Crippen LogP contribution < -0.4 is 5.32 Å². The normalized spacial score (nSPS) is 14.3. The largest absolute Gasteiger partial charge is 0.373 e. The van der Waals surface area contributed by atoms with Crippen molar-refractivity contribution < 1.29 is 4.74 Å². The van der Waals surface area contributed by atoms with E-state index in [1.807, 2.05) is 6.07 Å². The second-order valence-corrected chi connectivity index (χ2v) is 5.27. The summed E-state index contributed by atoms with van der Waals surface area (Å²) in [4.78, 5) is 0. The van der Waals surface area contributed by atoms with E-state index in [9.17, 15) is 0 Å². The van der Waals surface area contributed by atoms with Crippen LogP contribution in [0.3, 0.4) is 0 Å². The lowest BCUT2D eigenvalue weighted by Gasteiger charge is -2.16. The smallest absolute Gasteiger partial charge is 0.0797 e. The molecule has 0 radical (unpaired) electrons. The summed E-state index contributed by atoms with van der Waals surface area (Å²) < 4.78 is 5.84. The fraction of sp³-hybridized carbons (Fsp3) is 0.647. The molecule has 2 unspecified atom stereocenters. The molecule has 2 atom stereocenters. The van der Waals surface area contributed by atoms with Gasteiger partial charge >= 0.3 is 0 Å². The molecule has 0 saturated carbocycles. The Morgan fingerprint density at radius 3 is 2.53 bits per heavy atom. The minimum absolute atomic E-state index is 0.179. The third-order valence-corrected chi connectivity index (χ3v) is 3.47. The number of hydrogen-bond donors (Lipinski definition) is 1. The van der Waals surface area contributed by atoms with Crippen molar-refractivity contribution in [1.82, 2.24) is 5.32 Å². The van der Waals surface area contributed by atoms with Gasteiger partial charge in [0, 0.05) is 12.6 Å². The summed E-state index contributed by atoms with van der Waals surface area (Å²) >= 11 is 0. The molecule has 0 aliphatic rings. The number of unbranched alkanes of at least 4 members (excludes halogenated alkanes) is 2. The van der Waals surface area contributed by atoms with Crippen LogP contribution in [-0.2, 0) is 4.74 Å². The van der Waals surface area contributed by atoms with Crippen LogP contribution in [-0.4, -0.2) is 19.2 Å². The quantitative estimate of drug-likeness (QED) is 0.635. The van der Waals surface area contributed by atoms with E-state index in [1.165, 1.54) is 31.2 Å². The Kier molecular flexibility index (Phi) is 8.52. The maximum atomic E-state index is 5.84. The van der Waals surface area contributed by atoms with E-state index in [0.717, 1.165) is 13.2 Å². The van der Waals surface area contributed by atoms with Gasteiger partial charge in [0.1, 0.15) is 0 Å². The summed E-state index contributed by atoms with van der Waals surface area (Å²) in [6.07, 6.45) is 5.41. The van der Waals surface area contributed by atoms with Crippen molar-refractivity contribution in [3.63, 3.8) is 0 Å². The standard InChI is InChI=1S/C17H29NO/c1-4-5-7-10-15(2)18-13-14-19-16(3)17-11-8-6-9-12-17/h6,8-9,11-12,15-16,18H,4-5,7,10,13-14H2,1-3H3. The lowest BCUT2D eigenvalue weighted by Crippen LogP contribution is -2.29. The molecule has 0 spiro atoms. The van der Waals surface area contributed by atoms with Gasteiger partial charge in [-0.25, -0.2) is 0 Å². The predicted octanol–water partition coefficient (Wildman–Crippen LogP) is 4.32. The lowest BCUT2D eigenvalue weighted by molar-refractivity contribution is 0.0665. The van der Waals surface area contributed by atoms with E-state index >= 15 is 0 Å². The highest BCUT2D eigenvalue weighted by Gasteiger charge is 2.05. The summed E-state index contributed by atoms with van der Waals surface area (Å²) in [5.74, 6) is 0. The van der Waals surface area contributed by atoms with Crippen LogP contribution in [0.4, 0.5) is 0 Å². The average molecular weight is 263 g/mol. The second kappa shape index (κ2) is 9.99. The Hall–Kier alpha value is -0.860. The van der Waals surface area contributed by atoms with Crippen LogP contribution in [0.2, 0.25) is 0 Å². The first-order valence-corrected chi connectivity index (χ1v) is 7.64. The van der Waals surface area contributed by atoms with Crippen molar-refractivity contribution in [3.05, 3.63) is 35.9 Å². The maximum absolute atomic E-state index is 5.84. The highest BCUT2D eigenvalue weighted by Crippen LogP contribution is 2.15. The zero-order valence-electron chi connectivity index (χ0n) is 12.7. The van der Waals surface area contributed by atoms with Crippen LogP contribution >= 0.6 is 0 Å². The molecule has 0 aliphatic heterocycles. The average Bonchev–Trinajstić information content (AvgIpc) is 2.44. The molecule has 0 aromatic heterocycles. The summed E-state index contributed by atoms with van der Waals surface area (Å²) in [7, 11) is 0. The van der Waals surface area contributed by atoms with E-state index < -0.39 is 0 Å². The SMILES string of the molecule is CCCCCC(C)NCCOC(C)c1ccccc1. The second-order valence-electron chi connectivity index (χ2n) is 5.27. The van der Waals surface area contributed by atoms with E-state index in [1.54, 1.807) is 0 Å². The zero-order valence-corrected chi connectivity index (χ0v) is 12.7. The molecule has 1 N–H and O–H groups in total. The van der Waals surface area contributed by atoms with E-state index in [-0.39, 0.29) is 6.10 Å². The first kappa shape index (κ1) is 16.2. The molecular weight excluding hydrogens is 234 g/mol. The molecule has 0 fully saturated rings. The van der Waals surface area contributed by atoms with E-state index in [0.29, 0.717) is 6.04 Å². The molecule has 1 aromatic rings. The van der Waals surface area contributed by atoms with Crippen molar-refractivity contribution in [2.75, 3.05) is 13.2 Å². The van der Waals surface area contributed by atoms with Crippen molar-refractivity contribution in [1.29, 1.82) is 0 Å². The Labute approximate surface area is 118 Å². The monoisotopic (exact) mass is 263 g/mol. The van der Waals surface area contributed by atoms with Crippen molar-refractivity contribution in [2.45, 2.75) is 58.6 Å². The molecule has 0 amide bonds. The van der Waals surface area contributed by atoms with Gasteiger partial charge in [-0.3, -0.25) is 0 Å².